The maximum absolute atomic E-state index is 12.6. The van der Waals surface area contributed by atoms with E-state index in [1.807, 2.05) is 0 Å². The molecule has 3 nitrogen and oxygen atoms in total. The highest BCUT2D eigenvalue weighted by molar-refractivity contribution is 5.35. The first-order valence-electron chi connectivity index (χ1n) is 5.20. The Labute approximate surface area is 88.7 Å². The highest BCUT2D eigenvalue weighted by atomic mass is 19.1. The molecule has 2 rings (SSSR count). The number of aromatic nitrogens is 1. The Morgan fingerprint density at radius 1 is 1.47 bits per heavy atom. The lowest BCUT2D eigenvalue weighted by Crippen LogP contribution is -2.30. The van der Waals surface area contributed by atoms with Crippen molar-refractivity contribution >= 4 is 5.82 Å². The third-order valence-corrected chi connectivity index (χ3v) is 2.82. The van der Waals surface area contributed by atoms with E-state index in [2.05, 4.69) is 10.3 Å². The predicted octanol–water partition coefficient (Wildman–Crippen LogP) is 2.20. The molecule has 0 bridgehead atoms. The highest BCUT2D eigenvalue weighted by Crippen LogP contribution is 2.24. The number of nitrogens with zero attached hydrogens (tertiary/aromatic N) is 1. The molecule has 1 aliphatic carbocycles. The molecular formula is C11H15FN2O. The molecule has 2 atom stereocenters. The van der Waals surface area contributed by atoms with Gasteiger partial charge in [0.2, 0.25) is 0 Å². The summed E-state index contributed by atoms with van der Waals surface area (Å²) in [6, 6.07) is 3.36. The van der Waals surface area contributed by atoms with Crippen molar-refractivity contribution in [2.45, 2.75) is 31.4 Å². The van der Waals surface area contributed by atoms with Crippen LogP contribution in [0, 0.1) is 5.82 Å². The Kier molecular flexibility index (Phi) is 3.16. The fraction of sp³-hybridized carbons (Fsp3) is 0.545. The van der Waals surface area contributed by atoms with Gasteiger partial charge in [0.25, 0.3) is 0 Å². The first kappa shape index (κ1) is 10.4. The van der Waals surface area contributed by atoms with Gasteiger partial charge in [-0.2, -0.15) is 0 Å². The molecule has 1 saturated carbocycles. The molecular weight excluding hydrogens is 195 g/mol. The summed E-state index contributed by atoms with van der Waals surface area (Å²) in [6.45, 7) is 0. The second-order valence-corrected chi connectivity index (χ2v) is 3.82. The van der Waals surface area contributed by atoms with Crippen molar-refractivity contribution in [3.8, 4) is 0 Å². The lowest BCUT2D eigenvalue weighted by atomic mass is 10.2. The number of ether oxygens (including phenoxy) is 1. The van der Waals surface area contributed by atoms with Crippen molar-refractivity contribution in [3.63, 3.8) is 0 Å². The van der Waals surface area contributed by atoms with Crippen molar-refractivity contribution in [2.24, 2.45) is 0 Å². The summed E-state index contributed by atoms with van der Waals surface area (Å²) in [6.07, 6.45) is 4.79. The molecule has 1 N–H and O–H groups in total. The van der Waals surface area contributed by atoms with Gasteiger partial charge in [0.05, 0.1) is 18.3 Å². The van der Waals surface area contributed by atoms with Crippen molar-refractivity contribution < 1.29 is 9.13 Å². The van der Waals surface area contributed by atoms with Gasteiger partial charge in [-0.05, 0) is 31.4 Å². The Balaban J connectivity index is 1.99. The molecule has 0 radical (unpaired) electrons. The number of anilines is 1. The van der Waals surface area contributed by atoms with Gasteiger partial charge in [-0.3, -0.25) is 0 Å². The van der Waals surface area contributed by atoms with Gasteiger partial charge >= 0.3 is 0 Å². The average molecular weight is 210 g/mol. The molecule has 0 spiro atoms. The monoisotopic (exact) mass is 210 g/mol. The Morgan fingerprint density at radius 2 is 2.33 bits per heavy atom. The minimum Gasteiger partial charge on any atom is -0.379 e. The molecule has 0 amide bonds. The van der Waals surface area contributed by atoms with Gasteiger partial charge < -0.3 is 10.1 Å². The van der Waals surface area contributed by atoms with E-state index >= 15 is 0 Å². The third kappa shape index (κ3) is 2.45. The van der Waals surface area contributed by atoms with E-state index in [1.54, 1.807) is 13.2 Å². The summed E-state index contributed by atoms with van der Waals surface area (Å²) in [5.41, 5.74) is 0. The van der Waals surface area contributed by atoms with Crippen LogP contribution in [-0.2, 0) is 4.74 Å². The van der Waals surface area contributed by atoms with Crippen LogP contribution in [0.25, 0.3) is 0 Å². The van der Waals surface area contributed by atoms with E-state index in [1.165, 1.54) is 12.3 Å². The molecule has 82 valence electrons. The van der Waals surface area contributed by atoms with E-state index in [-0.39, 0.29) is 11.9 Å². The summed E-state index contributed by atoms with van der Waals surface area (Å²) in [7, 11) is 1.72. The van der Waals surface area contributed by atoms with Crippen LogP contribution in [0.5, 0.6) is 0 Å². The molecule has 0 aliphatic heterocycles. The standard InChI is InChI=1S/C11H15FN2O/c1-15-10-4-2-3-9(10)14-11-6-5-8(12)7-13-11/h5-7,9-10H,2-4H2,1H3,(H,13,14). The van der Waals surface area contributed by atoms with Gasteiger partial charge in [0.15, 0.2) is 0 Å². The van der Waals surface area contributed by atoms with Gasteiger partial charge in [-0.1, -0.05) is 0 Å². The Bertz CT molecular complexity index is 315. The summed E-state index contributed by atoms with van der Waals surface area (Å²) in [5, 5.41) is 3.27. The minimum absolute atomic E-state index is 0.247. The summed E-state index contributed by atoms with van der Waals surface area (Å²) < 4.78 is 18.0. The van der Waals surface area contributed by atoms with Crippen LogP contribution in [0.1, 0.15) is 19.3 Å². The van der Waals surface area contributed by atoms with Gasteiger partial charge in [0.1, 0.15) is 11.6 Å². The van der Waals surface area contributed by atoms with Gasteiger partial charge in [-0.25, -0.2) is 9.37 Å². The van der Waals surface area contributed by atoms with E-state index in [4.69, 9.17) is 4.74 Å². The molecule has 1 fully saturated rings. The molecule has 15 heavy (non-hydrogen) atoms. The van der Waals surface area contributed by atoms with Crippen LogP contribution < -0.4 is 5.32 Å². The van der Waals surface area contributed by atoms with E-state index in [0.717, 1.165) is 19.3 Å². The third-order valence-electron chi connectivity index (χ3n) is 2.82. The number of hydrogen-bond acceptors (Lipinski definition) is 3. The number of methoxy groups -OCH3 is 1. The maximum Gasteiger partial charge on any atom is 0.141 e. The number of hydrogen-bond donors (Lipinski definition) is 1. The fourth-order valence-corrected chi connectivity index (χ4v) is 2.02. The lowest BCUT2D eigenvalue weighted by Gasteiger charge is -2.19. The molecule has 0 saturated heterocycles. The first-order chi connectivity index (χ1) is 7.29. The summed E-state index contributed by atoms with van der Waals surface area (Å²) >= 11 is 0. The zero-order chi connectivity index (χ0) is 10.7. The first-order valence-corrected chi connectivity index (χ1v) is 5.20. The average Bonchev–Trinajstić information content (AvgIpc) is 2.69. The van der Waals surface area contributed by atoms with Crippen LogP contribution >= 0.6 is 0 Å². The molecule has 1 heterocycles. The number of nitrogens with one attached hydrogen (secondary N) is 1. The van der Waals surface area contributed by atoms with E-state index in [9.17, 15) is 4.39 Å². The van der Waals surface area contributed by atoms with Crippen LogP contribution in [0.3, 0.4) is 0 Å². The maximum atomic E-state index is 12.6. The zero-order valence-electron chi connectivity index (χ0n) is 8.74. The molecule has 4 heteroatoms. The Hall–Kier alpha value is -1.16. The zero-order valence-corrected chi connectivity index (χ0v) is 8.74. The largest absolute Gasteiger partial charge is 0.379 e. The molecule has 1 aromatic rings. The number of pyridine rings is 1. The summed E-state index contributed by atoms with van der Waals surface area (Å²) in [4.78, 5) is 3.97. The second-order valence-electron chi connectivity index (χ2n) is 3.82. The minimum atomic E-state index is -0.310. The van der Waals surface area contributed by atoms with Crippen LogP contribution in [0.15, 0.2) is 18.3 Å². The second kappa shape index (κ2) is 4.57. The SMILES string of the molecule is COC1CCCC1Nc1ccc(F)cn1. The number of halogens is 1. The fourth-order valence-electron chi connectivity index (χ4n) is 2.02. The normalized spacial score (nSPS) is 25.5. The van der Waals surface area contributed by atoms with E-state index in [0.29, 0.717) is 11.9 Å². The topological polar surface area (TPSA) is 34.1 Å². The van der Waals surface area contributed by atoms with E-state index < -0.39 is 0 Å². The van der Waals surface area contributed by atoms with Gasteiger partial charge in [-0.15, -0.1) is 0 Å². The molecule has 2 unspecified atom stereocenters. The van der Waals surface area contributed by atoms with Crippen LogP contribution in [-0.4, -0.2) is 24.2 Å². The lowest BCUT2D eigenvalue weighted by molar-refractivity contribution is 0.101. The molecule has 1 aromatic heterocycles. The van der Waals surface area contributed by atoms with Crippen molar-refractivity contribution in [1.82, 2.24) is 4.98 Å². The van der Waals surface area contributed by atoms with Gasteiger partial charge in [0, 0.05) is 7.11 Å². The predicted molar refractivity (Wildman–Crippen MR) is 56.3 cm³/mol. The van der Waals surface area contributed by atoms with Crippen molar-refractivity contribution in [1.29, 1.82) is 0 Å². The van der Waals surface area contributed by atoms with Crippen LogP contribution in [0.4, 0.5) is 10.2 Å². The Morgan fingerprint density at radius 3 is 3.00 bits per heavy atom. The quantitative estimate of drug-likeness (QED) is 0.830. The van der Waals surface area contributed by atoms with Crippen LogP contribution in [0.2, 0.25) is 0 Å². The summed E-state index contributed by atoms with van der Waals surface area (Å²) in [5.74, 6) is 0.403. The van der Waals surface area contributed by atoms with Crippen molar-refractivity contribution in [3.05, 3.63) is 24.1 Å². The molecule has 0 aromatic carbocycles. The highest BCUT2D eigenvalue weighted by Gasteiger charge is 2.26. The number of rotatable bonds is 3. The van der Waals surface area contributed by atoms with Crippen molar-refractivity contribution in [2.75, 3.05) is 12.4 Å². The molecule has 1 aliphatic rings. The smallest absolute Gasteiger partial charge is 0.141 e.